The SMILES string of the molecule is CCCCCCCC/C=C\CCCCCCCC(=O)OC[C@H](COP(=O)(OCCOC)OCC[N+](C)(C)C)OC(=O)CCCCCCC/C=C\CCCCCCCC.[Cl-]. The summed E-state index contributed by atoms with van der Waals surface area (Å²) in [4.78, 5) is 25.6. The van der Waals surface area contributed by atoms with Crippen LogP contribution >= 0.6 is 7.82 Å². The molecule has 350 valence electrons. The van der Waals surface area contributed by atoms with Crippen molar-refractivity contribution in [3.8, 4) is 0 Å². The fourth-order valence-electron chi connectivity index (χ4n) is 6.24. The molecule has 0 aromatic carbocycles. The molecular weight excluding hydrogens is 789 g/mol. The third-order valence-electron chi connectivity index (χ3n) is 9.98. The van der Waals surface area contributed by atoms with Crippen LogP contribution in [0.4, 0.5) is 0 Å². The number of likely N-dealkylation sites (N-methyl/N-ethyl adjacent to an activating group) is 1. The van der Waals surface area contributed by atoms with Crippen LogP contribution in [0.3, 0.4) is 0 Å². The van der Waals surface area contributed by atoms with E-state index in [-0.39, 0.29) is 57.8 Å². The van der Waals surface area contributed by atoms with Gasteiger partial charge in [0.25, 0.3) is 0 Å². The summed E-state index contributed by atoms with van der Waals surface area (Å²) in [6.45, 7) is 4.93. The van der Waals surface area contributed by atoms with Crippen LogP contribution in [0.5, 0.6) is 0 Å². The highest BCUT2D eigenvalue weighted by Crippen LogP contribution is 2.49. The minimum Gasteiger partial charge on any atom is -1.00 e. The van der Waals surface area contributed by atoms with E-state index in [1.54, 1.807) is 0 Å². The lowest BCUT2D eigenvalue weighted by Crippen LogP contribution is -3.00. The molecule has 0 aromatic rings. The van der Waals surface area contributed by atoms with E-state index < -0.39 is 19.9 Å². The number of hydrogen-bond acceptors (Lipinski definition) is 9. The summed E-state index contributed by atoms with van der Waals surface area (Å²) < 4.78 is 47.2. The van der Waals surface area contributed by atoms with Crippen LogP contribution in [-0.4, -0.2) is 90.4 Å². The number of allylic oxidation sites excluding steroid dienone is 4. The normalized spacial score (nSPS) is 13.5. The van der Waals surface area contributed by atoms with Crippen molar-refractivity contribution < 1.29 is 58.8 Å². The zero-order valence-corrected chi connectivity index (χ0v) is 40.5. The molecule has 0 N–H and O–H groups in total. The van der Waals surface area contributed by atoms with Crippen molar-refractivity contribution in [2.45, 2.75) is 200 Å². The third kappa shape index (κ3) is 44.6. The molecule has 0 aliphatic carbocycles. The van der Waals surface area contributed by atoms with Crippen LogP contribution in [0.15, 0.2) is 24.3 Å². The fourth-order valence-corrected chi connectivity index (χ4v) is 7.42. The Hall–Kier alpha value is -1.26. The Morgan fingerprint density at radius 2 is 0.932 bits per heavy atom. The maximum atomic E-state index is 13.5. The van der Waals surface area contributed by atoms with Gasteiger partial charge in [0, 0.05) is 20.0 Å². The zero-order chi connectivity index (χ0) is 42.8. The predicted molar refractivity (Wildman–Crippen MR) is 240 cm³/mol. The Morgan fingerprint density at radius 1 is 0.525 bits per heavy atom. The third-order valence-corrected chi connectivity index (χ3v) is 11.4. The van der Waals surface area contributed by atoms with E-state index in [1.165, 1.54) is 103 Å². The number of esters is 2. The van der Waals surface area contributed by atoms with Gasteiger partial charge in [0.2, 0.25) is 0 Å². The molecule has 0 amide bonds. The molecule has 2 atom stereocenters. The molecule has 0 aliphatic rings. The monoisotopic (exact) mass is 880 g/mol. The van der Waals surface area contributed by atoms with Crippen LogP contribution < -0.4 is 12.4 Å². The first-order chi connectivity index (χ1) is 28.0. The highest BCUT2D eigenvalue weighted by molar-refractivity contribution is 7.48. The van der Waals surface area contributed by atoms with Crippen molar-refractivity contribution >= 4 is 19.8 Å². The summed E-state index contributed by atoms with van der Waals surface area (Å²) in [6, 6.07) is 0. The summed E-state index contributed by atoms with van der Waals surface area (Å²) in [5.74, 6) is -0.754. The molecule has 0 rings (SSSR count). The average molecular weight is 881 g/mol. The summed E-state index contributed by atoms with van der Waals surface area (Å²) in [7, 11) is 3.50. The molecule has 0 heterocycles. The van der Waals surface area contributed by atoms with Crippen LogP contribution in [0.2, 0.25) is 0 Å². The Balaban J connectivity index is 0. The maximum Gasteiger partial charge on any atom is 0.475 e. The van der Waals surface area contributed by atoms with E-state index in [9.17, 15) is 14.2 Å². The summed E-state index contributed by atoms with van der Waals surface area (Å²) in [6.07, 6.45) is 39.5. The van der Waals surface area contributed by atoms with Gasteiger partial charge in [0.05, 0.1) is 41.0 Å². The second-order valence-electron chi connectivity index (χ2n) is 16.9. The smallest absolute Gasteiger partial charge is 0.475 e. The lowest BCUT2D eigenvalue weighted by molar-refractivity contribution is -0.870. The van der Waals surface area contributed by atoms with E-state index in [0.29, 0.717) is 23.9 Å². The summed E-state index contributed by atoms with van der Waals surface area (Å²) in [5, 5.41) is 0. The Labute approximate surface area is 369 Å². The lowest BCUT2D eigenvalue weighted by atomic mass is 10.1. The molecule has 59 heavy (non-hydrogen) atoms. The second-order valence-corrected chi connectivity index (χ2v) is 18.5. The van der Waals surface area contributed by atoms with Crippen molar-refractivity contribution in [3.05, 3.63) is 24.3 Å². The van der Waals surface area contributed by atoms with Gasteiger partial charge in [-0.2, -0.15) is 0 Å². The summed E-state index contributed by atoms with van der Waals surface area (Å²) in [5.41, 5.74) is 0. The molecule has 0 spiro atoms. The van der Waals surface area contributed by atoms with Crippen LogP contribution in [-0.2, 0) is 41.9 Å². The molecule has 1 unspecified atom stereocenters. The minimum atomic E-state index is -4.01. The van der Waals surface area contributed by atoms with Crippen molar-refractivity contribution in [2.24, 2.45) is 0 Å². The van der Waals surface area contributed by atoms with Gasteiger partial charge < -0.3 is 31.1 Å². The Bertz CT molecular complexity index is 1050. The molecule has 10 nitrogen and oxygen atoms in total. The summed E-state index contributed by atoms with van der Waals surface area (Å²) >= 11 is 0. The average Bonchev–Trinajstić information content (AvgIpc) is 3.18. The van der Waals surface area contributed by atoms with Gasteiger partial charge in [-0.25, -0.2) is 4.57 Å². The number of phosphoric acid groups is 1. The van der Waals surface area contributed by atoms with E-state index in [0.717, 1.165) is 64.2 Å². The fraction of sp³-hybridized carbons (Fsp3) is 0.872. The number of phosphoric ester groups is 1. The number of ether oxygens (including phenoxy) is 3. The van der Waals surface area contributed by atoms with Crippen molar-refractivity contribution in [1.82, 2.24) is 0 Å². The molecule has 12 heteroatoms. The molecule has 0 saturated heterocycles. The van der Waals surface area contributed by atoms with E-state index in [4.69, 9.17) is 27.8 Å². The molecule has 0 aromatic heterocycles. The van der Waals surface area contributed by atoms with E-state index in [2.05, 4.69) is 38.2 Å². The Morgan fingerprint density at radius 3 is 1.37 bits per heavy atom. The van der Waals surface area contributed by atoms with Crippen LogP contribution in [0, 0.1) is 0 Å². The largest absolute Gasteiger partial charge is 1.00 e. The highest BCUT2D eigenvalue weighted by Gasteiger charge is 2.30. The van der Waals surface area contributed by atoms with Gasteiger partial charge in [-0.3, -0.25) is 23.2 Å². The van der Waals surface area contributed by atoms with Crippen molar-refractivity contribution in [2.75, 3.05) is 67.8 Å². The van der Waals surface area contributed by atoms with Gasteiger partial charge in [-0.1, -0.05) is 141 Å². The number of hydrogen-bond donors (Lipinski definition) is 0. The molecule has 0 fully saturated rings. The topological polar surface area (TPSA) is 107 Å². The van der Waals surface area contributed by atoms with Gasteiger partial charge in [-0.15, -0.1) is 0 Å². The van der Waals surface area contributed by atoms with E-state index in [1.807, 2.05) is 21.1 Å². The number of halogens is 1. The van der Waals surface area contributed by atoms with Gasteiger partial charge in [0.15, 0.2) is 6.10 Å². The van der Waals surface area contributed by atoms with E-state index >= 15 is 0 Å². The first-order valence-electron chi connectivity index (χ1n) is 23.5. The number of rotatable bonds is 44. The van der Waals surface area contributed by atoms with Crippen LogP contribution in [0.1, 0.15) is 194 Å². The number of nitrogens with zero attached hydrogens (tertiary/aromatic N) is 1. The quantitative estimate of drug-likeness (QED) is 0.0194. The van der Waals surface area contributed by atoms with Gasteiger partial charge >= 0.3 is 19.8 Å². The maximum absolute atomic E-state index is 13.5. The minimum absolute atomic E-state index is 0. The molecule has 0 radical (unpaired) electrons. The molecule has 0 aliphatic heterocycles. The van der Waals surface area contributed by atoms with Crippen molar-refractivity contribution in [1.29, 1.82) is 0 Å². The number of methoxy groups -OCH3 is 1. The first-order valence-corrected chi connectivity index (χ1v) is 25.0. The second kappa shape index (κ2) is 43.4. The lowest BCUT2D eigenvalue weighted by Gasteiger charge is -2.26. The number of unbranched alkanes of at least 4 members (excludes halogenated alkanes) is 22. The zero-order valence-electron chi connectivity index (χ0n) is 38.9. The Kier molecular flexibility index (Phi) is 44.0. The number of carbonyl (C=O) groups excluding carboxylic acids is 2. The van der Waals surface area contributed by atoms with Gasteiger partial charge in [0.1, 0.15) is 19.8 Å². The first kappa shape index (κ1) is 59.8. The molecule has 0 saturated carbocycles. The standard InChI is InChI=1S/C47H91NO9P.ClH/c1-7-9-11-13-15-17-19-21-23-25-27-29-31-33-35-37-46(49)53-43-45(44-56-58(51,55-42-41-52-6)54-40-39-48(3,4)5)57-47(50)38-36-34-32-30-28-26-24-22-20-18-16-14-12-10-8-2;/h21-24,45H,7-20,25-44H2,1-6H3;1H/q+1;/p-1/b23-21-,24-22-;/t45-,58?;/m1./s1. The number of carbonyl (C=O) groups is 2. The molecular formula is C47H91ClNO9P. The van der Waals surface area contributed by atoms with Crippen molar-refractivity contribution in [3.63, 3.8) is 0 Å². The predicted octanol–water partition coefficient (Wildman–Crippen LogP) is 10.0. The van der Waals surface area contributed by atoms with Gasteiger partial charge in [-0.05, 0) is 64.2 Å². The molecule has 0 bridgehead atoms. The highest BCUT2D eigenvalue weighted by atomic mass is 35.5. The number of quaternary nitrogens is 1. The van der Waals surface area contributed by atoms with Crippen LogP contribution in [0.25, 0.3) is 0 Å².